The van der Waals surface area contributed by atoms with Gasteiger partial charge in [-0.05, 0) is 12.1 Å². The largest absolute Gasteiger partial charge is 1.00 e. The molecule has 0 aromatic carbocycles. The summed E-state index contributed by atoms with van der Waals surface area (Å²) in [5, 5.41) is 3.41. The maximum atomic E-state index is 12.2. The fourth-order valence-corrected chi connectivity index (χ4v) is 3.12. The Hall–Kier alpha value is -2.07. The molecule has 3 heterocycles. The molecule has 0 aliphatic rings. The van der Waals surface area contributed by atoms with Crippen LogP contribution in [0.3, 0.4) is 0 Å². The zero-order valence-corrected chi connectivity index (χ0v) is 19.2. The average Bonchev–Trinajstić information content (AvgIpc) is 3.21. The molecule has 28 heavy (non-hydrogen) atoms. The Bertz CT molecular complexity index is 972. The lowest BCUT2D eigenvalue weighted by Crippen LogP contribution is -3.00. The number of anilines is 1. The zero-order valence-electron chi connectivity index (χ0n) is 16.3. The number of thiazole rings is 1. The molecule has 0 aliphatic heterocycles. The SMILES string of the molecule is C[n+]1cccc(CC(=O)Nc2ncc(/C=C/c3ncc(C(C)(C)C)o3)s2)c1.[I-]. The third-order valence-corrected chi connectivity index (χ3v) is 4.67. The molecule has 6 nitrogen and oxygen atoms in total. The van der Waals surface area contributed by atoms with Gasteiger partial charge in [0.05, 0.1) is 12.6 Å². The molecule has 1 N–H and O–H groups in total. The number of oxazole rings is 1. The minimum atomic E-state index is -0.0893. The quantitative estimate of drug-likeness (QED) is 0.404. The van der Waals surface area contributed by atoms with Gasteiger partial charge >= 0.3 is 0 Å². The molecule has 3 rings (SSSR count). The summed E-state index contributed by atoms with van der Waals surface area (Å²) in [5.41, 5.74) is 0.879. The van der Waals surface area contributed by atoms with E-state index in [-0.39, 0.29) is 35.3 Å². The van der Waals surface area contributed by atoms with E-state index >= 15 is 0 Å². The number of hydrogen-bond acceptors (Lipinski definition) is 5. The molecule has 0 fully saturated rings. The topological polar surface area (TPSA) is 71.9 Å². The van der Waals surface area contributed by atoms with Gasteiger partial charge in [0.2, 0.25) is 11.8 Å². The molecule has 3 aromatic heterocycles. The summed E-state index contributed by atoms with van der Waals surface area (Å²) in [6, 6.07) is 3.85. The minimum absolute atomic E-state index is 0. The highest BCUT2D eigenvalue weighted by Gasteiger charge is 2.18. The van der Waals surface area contributed by atoms with E-state index in [1.165, 1.54) is 11.3 Å². The molecule has 0 unspecified atom stereocenters. The number of hydrogen-bond donors (Lipinski definition) is 1. The van der Waals surface area contributed by atoms with Gasteiger partial charge in [0.1, 0.15) is 12.8 Å². The van der Waals surface area contributed by atoms with Gasteiger partial charge in [0.25, 0.3) is 0 Å². The van der Waals surface area contributed by atoms with E-state index in [2.05, 4.69) is 36.1 Å². The number of halogens is 1. The minimum Gasteiger partial charge on any atom is -1.00 e. The van der Waals surface area contributed by atoms with Crippen LogP contribution in [0.5, 0.6) is 0 Å². The van der Waals surface area contributed by atoms with Crippen LogP contribution in [0, 0.1) is 0 Å². The molecule has 148 valence electrons. The third-order valence-electron chi connectivity index (χ3n) is 3.79. The summed E-state index contributed by atoms with van der Waals surface area (Å²) < 4.78 is 7.65. The molecule has 0 bridgehead atoms. The van der Waals surface area contributed by atoms with Crippen LogP contribution in [0.15, 0.2) is 41.3 Å². The number of aromatic nitrogens is 3. The van der Waals surface area contributed by atoms with Crippen LogP contribution >= 0.6 is 11.3 Å². The van der Waals surface area contributed by atoms with E-state index in [9.17, 15) is 4.79 Å². The Morgan fingerprint density at radius 3 is 2.75 bits per heavy atom. The van der Waals surface area contributed by atoms with E-state index in [1.807, 2.05) is 42.2 Å². The number of amides is 1. The molecule has 0 atom stereocenters. The zero-order chi connectivity index (χ0) is 19.4. The second-order valence-corrected chi connectivity index (χ2v) is 8.38. The van der Waals surface area contributed by atoms with Gasteiger partial charge in [-0.1, -0.05) is 32.1 Å². The second kappa shape index (κ2) is 9.42. The van der Waals surface area contributed by atoms with Crippen LogP contribution in [-0.2, 0) is 23.7 Å². The number of carbonyl (C=O) groups is 1. The van der Waals surface area contributed by atoms with Gasteiger partial charge in [0.15, 0.2) is 17.5 Å². The van der Waals surface area contributed by atoms with Crippen molar-refractivity contribution in [2.24, 2.45) is 7.05 Å². The number of carbonyl (C=O) groups excluding carboxylic acids is 1. The monoisotopic (exact) mass is 510 g/mol. The Morgan fingerprint density at radius 2 is 2.07 bits per heavy atom. The Balaban J connectivity index is 0.00000280. The highest BCUT2D eigenvalue weighted by atomic mass is 127. The van der Waals surface area contributed by atoms with Gasteiger partial charge in [0, 0.05) is 34.2 Å². The van der Waals surface area contributed by atoms with Crippen molar-refractivity contribution in [3.8, 4) is 0 Å². The third kappa shape index (κ3) is 6.23. The van der Waals surface area contributed by atoms with Crippen molar-refractivity contribution in [1.29, 1.82) is 0 Å². The van der Waals surface area contributed by atoms with Crippen LogP contribution in [0.4, 0.5) is 5.13 Å². The van der Waals surface area contributed by atoms with Crippen LogP contribution in [0.1, 0.15) is 42.9 Å². The second-order valence-electron chi connectivity index (χ2n) is 7.32. The van der Waals surface area contributed by atoms with E-state index in [1.54, 1.807) is 18.5 Å². The Morgan fingerprint density at radius 1 is 1.29 bits per heavy atom. The number of nitrogens with zero attached hydrogens (tertiary/aromatic N) is 3. The first-order valence-corrected chi connectivity index (χ1v) is 9.45. The smallest absolute Gasteiger partial charge is 0.230 e. The molecular weight excluding hydrogens is 487 g/mol. The predicted octanol–water partition coefficient (Wildman–Crippen LogP) is 0.609. The van der Waals surface area contributed by atoms with Crippen LogP contribution in [-0.4, -0.2) is 15.9 Å². The Labute approximate surface area is 185 Å². The summed E-state index contributed by atoms with van der Waals surface area (Å²) in [6.07, 6.45) is 11.3. The lowest BCUT2D eigenvalue weighted by atomic mass is 9.94. The molecule has 0 aliphatic carbocycles. The predicted molar refractivity (Wildman–Crippen MR) is 106 cm³/mol. The molecule has 0 saturated heterocycles. The van der Waals surface area contributed by atoms with Crippen LogP contribution < -0.4 is 33.9 Å². The fraction of sp³-hybridized carbons (Fsp3) is 0.300. The number of rotatable bonds is 5. The van der Waals surface area contributed by atoms with Crippen molar-refractivity contribution in [2.75, 3.05) is 5.32 Å². The van der Waals surface area contributed by atoms with E-state index in [0.29, 0.717) is 17.4 Å². The molecule has 0 saturated carbocycles. The van der Waals surface area contributed by atoms with Gasteiger partial charge in [-0.15, -0.1) is 0 Å². The van der Waals surface area contributed by atoms with Crippen LogP contribution in [0.2, 0.25) is 0 Å². The maximum Gasteiger partial charge on any atom is 0.230 e. The van der Waals surface area contributed by atoms with Crippen molar-refractivity contribution < 1.29 is 37.8 Å². The standard InChI is InChI=1S/C20H22N4O2S.HI/c1-20(2,3)16-12-21-18(26-16)8-7-15-11-22-19(27-15)23-17(25)10-14-6-5-9-24(4)13-14;/h5-9,11-13H,10H2,1-4H3;1H. The number of nitrogens with one attached hydrogen (secondary N) is 1. The van der Waals surface area contributed by atoms with Crippen molar-refractivity contribution in [2.45, 2.75) is 32.6 Å². The van der Waals surface area contributed by atoms with Crippen molar-refractivity contribution in [3.05, 3.63) is 59.0 Å². The molecule has 8 heteroatoms. The highest BCUT2D eigenvalue weighted by molar-refractivity contribution is 7.16. The Kier molecular flexibility index (Phi) is 7.48. The molecule has 0 radical (unpaired) electrons. The lowest BCUT2D eigenvalue weighted by Gasteiger charge is -2.12. The van der Waals surface area contributed by atoms with E-state index in [0.717, 1.165) is 16.2 Å². The molecule has 1 amide bonds. The lowest BCUT2D eigenvalue weighted by molar-refractivity contribution is -0.671. The van der Waals surface area contributed by atoms with Gasteiger partial charge < -0.3 is 33.7 Å². The first-order chi connectivity index (χ1) is 12.8. The van der Waals surface area contributed by atoms with Crippen molar-refractivity contribution in [1.82, 2.24) is 9.97 Å². The van der Waals surface area contributed by atoms with Gasteiger partial charge in [-0.25, -0.2) is 14.5 Å². The van der Waals surface area contributed by atoms with Crippen LogP contribution in [0.25, 0.3) is 12.2 Å². The van der Waals surface area contributed by atoms with Crippen molar-refractivity contribution in [3.63, 3.8) is 0 Å². The first-order valence-electron chi connectivity index (χ1n) is 8.64. The maximum absolute atomic E-state index is 12.2. The van der Waals surface area contributed by atoms with Gasteiger partial charge in [-0.2, -0.15) is 0 Å². The number of pyridine rings is 1. The first kappa shape index (κ1) is 22.2. The number of aryl methyl sites for hydroxylation is 1. The van der Waals surface area contributed by atoms with E-state index < -0.39 is 0 Å². The van der Waals surface area contributed by atoms with E-state index in [4.69, 9.17) is 4.42 Å². The summed E-state index contributed by atoms with van der Waals surface area (Å²) in [4.78, 5) is 21.6. The fourth-order valence-electron chi connectivity index (χ4n) is 2.39. The molecule has 0 spiro atoms. The highest BCUT2D eigenvalue weighted by Crippen LogP contribution is 2.24. The summed E-state index contributed by atoms with van der Waals surface area (Å²) in [6.45, 7) is 6.23. The van der Waals surface area contributed by atoms with Crippen molar-refractivity contribution >= 4 is 34.5 Å². The van der Waals surface area contributed by atoms with Gasteiger partial charge in [-0.3, -0.25) is 4.79 Å². The molecular formula is C20H23IN4O2S. The molecule has 3 aromatic rings. The summed E-state index contributed by atoms with van der Waals surface area (Å²) >= 11 is 1.40. The normalized spacial score (nSPS) is 11.4. The average molecular weight is 510 g/mol. The summed E-state index contributed by atoms with van der Waals surface area (Å²) in [7, 11) is 1.93. The summed E-state index contributed by atoms with van der Waals surface area (Å²) in [5.74, 6) is 1.30.